The van der Waals surface area contributed by atoms with E-state index in [0.717, 1.165) is 61.5 Å². The minimum absolute atomic E-state index is 0. The van der Waals surface area contributed by atoms with Crippen LogP contribution in [0.15, 0.2) is 152 Å². The summed E-state index contributed by atoms with van der Waals surface area (Å²) in [7, 11) is 0. The average molecular weight is 868 g/mol. The van der Waals surface area contributed by atoms with Gasteiger partial charge in [0, 0.05) is 56.3 Å². The summed E-state index contributed by atoms with van der Waals surface area (Å²) in [6, 6.07) is 57.2. The smallest absolute Gasteiger partial charge is 0.188 e. The molecule has 9 rings (SSSR count). The maximum absolute atomic E-state index is 4.96. The largest absolute Gasteiger partial charge is 0.358 e. The summed E-state index contributed by atoms with van der Waals surface area (Å²) in [5.41, 5.74) is 13.1. The number of pyridine rings is 1. The third-order valence-corrected chi connectivity index (χ3v) is 10.0. The van der Waals surface area contributed by atoms with Crippen molar-refractivity contribution in [2.75, 3.05) is 4.90 Å². The molecule has 0 atom stereocenters. The van der Waals surface area contributed by atoms with Crippen LogP contribution < -0.4 is 4.90 Å². The van der Waals surface area contributed by atoms with Gasteiger partial charge in [-0.25, -0.2) is 14.1 Å². The van der Waals surface area contributed by atoms with Crippen LogP contribution in [0.5, 0.6) is 0 Å². The Hall–Kier alpha value is -5.77. The number of hydrogen-bond acceptors (Lipinski definition) is 2. The molecule has 0 unspecified atom stereocenters. The molecule has 0 amide bonds. The van der Waals surface area contributed by atoms with Crippen molar-refractivity contribution in [1.82, 2.24) is 18.7 Å². The second kappa shape index (κ2) is 14.0. The Labute approximate surface area is 324 Å². The van der Waals surface area contributed by atoms with Crippen LogP contribution in [-0.2, 0) is 21.1 Å². The topological polar surface area (TPSA) is 30.9 Å². The fraction of sp³-hybridized carbons (Fsp3) is 0.106. The van der Waals surface area contributed by atoms with Crippen molar-refractivity contribution < 1.29 is 21.1 Å². The fourth-order valence-electron chi connectivity index (χ4n) is 7.66. The molecule has 0 aliphatic carbocycles. The van der Waals surface area contributed by atoms with E-state index in [1.807, 2.05) is 6.20 Å². The first-order chi connectivity index (χ1) is 25.5. The molecule has 3 heterocycles. The quantitative estimate of drug-likeness (QED) is 0.149. The molecule has 262 valence electrons. The van der Waals surface area contributed by atoms with Gasteiger partial charge in [-0.1, -0.05) is 77.6 Å². The van der Waals surface area contributed by atoms with E-state index in [-0.39, 0.29) is 21.1 Å². The Kier molecular flexibility index (Phi) is 9.06. The number of aryl methyl sites for hydroxylation is 2. The molecule has 9 aromatic rings. The number of rotatable bonds is 7. The molecule has 53 heavy (non-hydrogen) atoms. The summed E-state index contributed by atoms with van der Waals surface area (Å²) in [5, 5.41) is 2.29. The van der Waals surface area contributed by atoms with Gasteiger partial charge in [0.25, 0.3) is 0 Å². The Bertz CT molecular complexity index is 2740. The van der Waals surface area contributed by atoms with Crippen LogP contribution in [0.4, 0.5) is 17.1 Å². The summed E-state index contributed by atoms with van der Waals surface area (Å²) >= 11 is 0. The van der Waals surface area contributed by atoms with Crippen molar-refractivity contribution in [3.05, 3.63) is 175 Å². The van der Waals surface area contributed by atoms with Crippen LogP contribution in [0.3, 0.4) is 0 Å². The summed E-state index contributed by atoms with van der Waals surface area (Å²) in [6.45, 7) is 8.78. The fourth-order valence-corrected chi connectivity index (χ4v) is 7.66. The molecule has 0 aliphatic heterocycles. The third-order valence-electron chi connectivity index (χ3n) is 10.0. The maximum Gasteiger partial charge on any atom is 0.188 e. The van der Waals surface area contributed by atoms with Crippen molar-refractivity contribution in [3.8, 4) is 22.6 Å². The summed E-state index contributed by atoms with van der Waals surface area (Å²) in [4.78, 5) is 7.20. The number of para-hydroxylation sites is 4. The van der Waals surface area contributed by atoms with E-state index >= 15 is 0 Å². The predicted octanol–water partition coefficient (Wildman–Crippen LogP) is 12.1. The van der Waals surface area contributed by atoms with Gasteiger partial charge in [-0.3, -0.25) is 0 Å². The van der Waals surface area contributed by atoms with E-state index in [2.05, 4.69) is 204 Å². The summed E-state index contributed by atoms with van der Waals surface area (Å²) in [6.07, 6.45) is 4.11. The number of benzene rings is 6. The monoisotopic (exact) mass is 867 g/mol. The molecule has 0 radical (unpaired) electrons. The first-order valence-electron chi connectivity index (χ1n) is 17.8. The van der Waals surface area contributed by atoms with Gasteiger partial charge >= 0.3 is 0 Å². The van der Waals surface area contributed by atoms with Crippen LogP contribution in [-0.4, -0.2) is 18.7 Å². The van der Waals surface area contributed by atoms with Crippen LogP contribution in [0.2, 0.25) is 0 Å². The van der Waals surface area contributed by atoms with E-state index in [1.165, 1.54) is 22.2 Å². The van der Waals surface area contributed by atoms with E-state index in [0.29, 0.717) is 6.04 Å². The Morgan fingerprint density at radius 3 is 2.09 bits per heavy atom. The van der Waals surface area contributed by atoms with E-state index < -0.39 is 0 Å². The second-order valence-electron chi connectivity index (χ2n) is 13.7. The first kappa shape index (κ1) is 34.3. The van der Waals surface area contributed by atoms with E-state index in [1.54, 1.807) is 0 Å². The number of fused-ring (bicyclic) bond motifs is 4. The Morgan fingerprint density at radius 2 is 1.32 bits per heavy atom. The molecule has 5 nitrogen and oxygen atoms in total. The zero-order valence-electron chi connectivity index (χ0n) is 30.1. The van der Waals surface area contributed by atoms with E-state index in [9.17, 15) is 0 Å². The van der Waals surface area contributed by atoms with Crippen LogP contribution >= 0.6 is 0 Å². The van der Waals surface area contributed by atoms with Crippen molar-refractivity contribution >= 4 is 49.9 Å². The third kappa shape index (κ3) is 5.96. The van der Waals surface area contributed by atoms with Gasteiger partial charge in [-0.15, -0.1) is 29.7 Å². The molecule has 0 saturated heterocycles. The van der Waals surface area contributed by atoms with Crippen LogP contribution in [0.1, 0.15) is 31.0 Å². The number of imidazole rings is 1. The maximum atomic E-state index is 4.96. The Morgan fingerprint density at radius 1 is 0.642 bits per heavy atom. The van der Waals surface area contributed by atoms with Gasteiger partial charge in [-0.2, -0.15) is 12.1 Å². The molecular weight excluding hydrogens is 830 g/mol. The van der Waals surface area contributed by atoms with Crippen LogP contribution in [0, 0.1) is 26.0 Å². The molecule has 6 aromatic carbocycles. The molecule has 0 saturated carbocycles. The van der Waals surface area contributed by atoms with Gasteiger partial charge in [0.1, 0.15) is 5.82 Å². The molecule has 0 aliphatic rings. The second-order valence-corrected chi connectivity index (χ2v) is 13.7. The minimum Gasteiger partial charge on any atom is -0.358 e. The molecule has 0 N–H and O–H groups in total. The van der Waals surface area contributed by atoms with Gasteiger partial charge in [0.15, 0.2) is 17.4 Å². The SMILES string of the molecule is Cc1cccc(C)c1-c1ccnc(-n2c3[c-]c(N(c4[c-]c(-n5[cH+]n(C(C)C)c6ccccc65)ccc4)c4ccccc4)ccc3c3ccccc32)c1.[Pt]. The first-order valence-corrected chi connectivity index (χ1v) is 17.8. The zero-order chi connectivity index (χ0) is 35.3. The van der Waals surface area contributed by atoms with Gasteiger partial charge < -0.3 is 9.47 Å². The minimum atomic E-state index is 0. The van der Waals surface area contributed by atoms with Crippen molar-refractivity contribution in [3.63, 3.8) is 0 Å². The number of nitrogens with zero attached hydrogens (tertiary/aromatic N) is 5. The normalized spacial score (nSPS) is 11.4. The number of aromatic nitrogens is 4. The Balaban J connectivity index is 0.00000400. The molecule has 3 aromatic heterocycles. The molecular formula is C47H38N5Pt-. The molecule has 0 fully saturated rings. The van der Waals surface area contributed by atoms with Crippen LogP contribution in [0.25, 0.3) is 55.5 Å². The van der Waals surface area contributed by atoms with Gasteiger partial charge in [0.05, 0.1) is 6.04 Å². The predicted molar refractivity (Wildman–Crippen MR) is 215 cm³/mol. The average Bonchev–Trinajstić information content (AvgIpc) is 3.72. The number of anilines is 3. The van der Waals surface area contributed by atoms with E-state index in [4.69, 9.17) is 4.98 Å². The summed E-state index contributed by atoms with van der Waals surface area (Å²) < 4.78 is 6.81. The number of hydrogen-bond donors (Lipinski definition) is 0. The van der Waals surface area contributed by atoms with Gasteiger partial charge in [0.2, 0.25) is 0 Å². The molecule has 0 bridgehead atoms. The van der Waals surface area contributed by atoms with Crippen molar-refractivity contribution in [1.29, 1.82) is 0 Å². The summed E-state index contributed by atoms with van der Waals surface area (Å²) in [5.74, 6) is 0.859. The molecule has 6 heteroatoms. The molecule has 0 spiro atoms. The van der Waals surface area contributed by atoms with Gasteiger partial charge in [-0.05, 0) is 97.8 Å². The zero-order valence-corrected chi connectivity index (χ0v) is 32.3. The standard InChI is InChI=1S/C47H38N5.Pt/c1-32(2)49-31-50(44-23-11-10-22-43(44)49)37-18-13-19-38(29-37)51(36-16-6-5-7-17-36)39-24-25-41-40-20-8-9-21-42(40)52(45(41)30-39)46-28-35(26-27-48-46)47-33(3)14-12-15-34(47)4;/h5-28,31-32H,1-4H3;/q-1;. The van der Waals surface area contributed by atoms with Crippen molar-refractivity contribution in [2.24, 2.45) is 0 Å². The van der Waals surface area contributed by atoms with Crippen molar-refractivity contribution in [2.45, 2.75) is 33.7 Å².